The molecule has 4 nitrogen and oxygen atoms in total. The standard InChI is InChI=1S/C14H19N3O/c1-10-4-5-13(8-11(10)2)18-7-6-12-9-14(15)17(3)16-12/h4-5,8-9H,6-7,15H2,1-3H3. The molecule has 0 aliphatic heterocycles. The Balaban J connectivity index is 1.90. The molecule has 0 bridgehead atoms. The first-order valence-electron chi connectivity index (χ1n) is 6.04. The second-order valence-corrected chi connectivity index (χ2v) is 4.53. The molecule has 2 aromatic rings. The maximum Gasteiger partial charge on any atom is 0.121 e. The minimum Gasteiger partial charge on any atom is -0.493 e. The van der Waals surface area contributed by atoms with Gasteiger partial charge in [0.05, 0.1) is 12.3 Å². The summed E-state index contributed by atoms with van der Waals surface area (Å²) in [7, 11) is 1.84. The smallest absolute Gasteiger partial charge is 0.121 e. The second-order valence-electron chi connectivity index (χ2n) is 4.53. The maximum atomic E-state index is 5.72. The van der Waals surface area contributed by atoms with Gasteiger partial charge in [-0.1, -0.05) is 6.07 Å². The topological polar surface area (TPSA) is 53.1 Å². The van der Waals surface area contributed by atoms with Gasteiger partial charge in [0.25, 0.3) is 0 Å². The molecule has 0 aliphatic rings. The van der Waals surface area contributed by atoms with Gasteiger partial charge in [-0.2, -0.15) is 5.10 Å². The number of nitrogens with two attached hydrogens (primary N) is 1. The highest BCUT2D eigenvalue weighted by atomic mass is 16.5. The Kier molecular flexibility index (Phi) is 3.55. The van der Waals surface area contributed by atoms with E-state index in [1.807, 2.05) is 19.2 Å². The van der Waals surface area contributed by atoms with Crippen LogP contribution in [0, 0.1) is 13.8 Å². The molecule has 2 rings (SSSR count). The molecule has 2 N–H and O–H groups in total. The Bertz CT molecular complexity index is 526. The Hall–Kier alpha value is -1.97. The number of anilines is 1. The summed E-state index contributed by atoms with van der Waals surface area (Å²) in [5.41, 5.74) is 9.20. The Morgan fingerprint density at radius 1 is 1.22 bits per heavy atom. The van der Waals surface area contributed by atoms with E-state index in [0.717, 1.165) is 17.9 Å². The molecular weight excluding hydrogens is 226 g/mol. The van der Waals surface area contributed by atoms with Crippen LogP contribution in [0.15, 0.2) is 24.3 Å². The number of benzene rings is 1. The van der Waals surface area contributed by atoms with Crippen LogP contribution in [-0.4, -0.2) is 16.4 Å². The van der Waals surface area contributed by atoms with E-state index in [1.165, 1.54) is 11.1 Å². The third kappa shape index (κ3) is 2.83. The molecule has 1 heterocycles. The largest absolute Gasteiger partial charge is 0.493 e. The van der Waals surface area contributed by atoms with Crippen molar-refractivity contribution in [2.75, 3.05) is 12.3 Å². The van der Waals surface area contributed by atoms with Gasteiger partial charge in [0.2, 0.25) is 0 Å². The van der Waals surface area contributed by atoms with Gasteiger partial charge in [-0.15, -0.1) is 0 Å². The molecule has 4 heteroatoms. The molecule has 0 spiro atoms. The third-order valence-electron chi connectivity index (χ3n) is 3.07. The van der Waals surface area contributed by atoms with Crippen molar-refractivity contribution in [2.45, 2.75) is 20.3 Å². The first kappa shape index (κ1) is 12.5. The summed E-state index contributed by atoms with van der Waals surface area (Å²) in [5.74, 6) is 1.58. The fraction of sp³-hybridized carbons (Fsp3) is 0.357. The lowest BCUT2D eigenvalue weighted by atomic mass is 10.1. The van der Waals surface area contributed by atoms with Crippen molar-refractivity contribution in [3.63, 3.8) is 0 Å². The number of hydrogen-bond donors (Lipinski definition) is 1. The molecule has 96 valence electrons. The number of hydrogen-bond acceptors (Lipinski definition) is 3. The van der Waals surface area contributed by atoms with Gasteiger partial charge in [0.1, 0.15) is 11.6 Å². The zero-order chi connectivity index (χ0) is 13.1. The summed E-state index contributed by atoms with van der Waals surface area (Å²) in [6, 6.07) is 8.00. The number of nitrogens with zero attached hydrogens (tertiary/aromatic N) is 2. The Labute approximate surface area is 107 Å². The van der Waals surface area contributed by atoms with Crippen LogP contribution in [0.25, 0.3) is 0 Å². The fourth-order valence-corrected chi connectivity index (χ4v) is 1.74. The minimum absolute atomic E-state index is 0.610. The Morgan fingerprint density at radius 2 is 2.00 bits per heavy atom. The quantitative estimate of drug-likeness (QED) is 0.898. The zero-order valence-electron chi connectivity index (χ0n) is 11.1. The molecule has 0 amide bonds. The van der Waals surface area contributed by atoms with Crippen LogP contribution in [0.1, 0.15) is 16.8 Å². The minimum atomic E-state index is 0.610. The van der Waals surface area contributed by atoms with E-state index in [4.69, 9.17) is 10.5 Å². The first-order chi connectivity index (χ1) is 8.56. The van der Waals surface area contributed by atoms with Crippen molar-refractivity contribution in [3.05, 3.63) is 41.1 Å². The van der Waals surface area contributed by atoms with Crippen LogP contribution in [-0.2, 0) is 13.5 Å². The van der Waals surface area contributed by atoms with Crippen LogP contribution >= 0.6 is 0 Å². The molecule has 1 aromatic carbocycles. The average Bonchev–Trinajstić information content (AvgIpc) is 2.63. The van der Waals surface area contributed by atoms with Crippen LogP contribution in [0.3, 0.4) is 0 Å². The van der Waals surface area contributed by atoms with Gasteiger partial charge in [-0.3, -0.25) is 4.68 Å². The lowest BCUT2D eigenvalue weighted by Gasteiger charge is -2.07. The van der Waals surface area contributed by atoms with Gasteiger partial charge >= 0.3 is 0 Å². The molecule has 0 fully saturated rings. The van der Waals surface area contributed by atoms with Crippen LogP contribution in [0.2, 0.25) is 0 Å². The molecule has 0 saturated carbocycles. The van der Waals surface area contributed by atoms with E-state index in [9.17, 15) is 0 Å². The van der Waals surface area contributed by atoms with Crippen LogP contribution < -0.4 is 10.5 Å². The van der Waals surface area contributed by atoms with Gasteiger partial charge in [-0.25, -0.2) is 0 Å². The van der Waals surface area contributed by atoms with E-state index in [2.05, 4.69) is 31.1 Å². The van der Waals surface area contributed by atoms with Crippen molar-refractivity contribution in [3.8, 4) is 5.75 Å². The van der Waals surface area contributed by atoms with E-state index in [0.29, 0.717) is 12.4 Å². The van der Waals surface area contributed by atoms with E-state index < -0.39 is 0 Å². The number of aryl methyl sites for hydroxylation is 3. The summed E-state index contributed by atoms with van der Waals surface area (Å²) in [6.45, 7) is 4.79. The predicted octanol–water partition coefficient (Wildman–Crippen LogP) is 2.24. The maximum absolute atomic E-state index is 5.72. The van der Waals surface area contributed by atoms with Gasteiger partial charge in [-0.05, 0) is 37.1 Å². The molecule has 0 aliphatic carbocycles. The lowest BCUT2D eigenvalue weighted by Crippen LogP contribution is -2.03. The fourth-order valence-electron chi connectivity index (χ4n) is 1.74. The van der Waals surface area contributed by atoms with Gasteiger partial charge in [0, 0.05) is 19.5 Å². The second kappa shape index (κ2) is 5.12. The lowest BCUT2D eigenvalue weighted by molar-refractivity contribution is 0.320. The Morgan fingerprint density at radius 3 is 2.61 bits per heavy atom. The highest BCUT2D eigenvalue weighted by molar-refractivity contribution is 5.34. The molecule has 0 radical (unpaired) electrons. The highest BCUT2D eigenvalue weighted by Gasteiger charge is 2.02. The summed E-state index contributed by atoms with van der Waals surface area (Å²) in [6.07, 6.45) is 0.762. The summed E-state index contributed by atoms with van der Waals surface area (Å²) in [4.78, 5) is 0. The predicted molar refractivity (Wildman–Crippen MR) is 72.7 cm³/mol. The normalized spacial score (nSPS) is 10.6. The molecular formula is C14H19N3O. The summed E-state index contributed by atoms with van der Waals surface area (Å²) < 4.78 is 7.38. The highest BCUT2D eigenvalue weighted by Crippen LogP contribution is 2.16. The monoisotopic (exact) mass is 245 g/mol. The number of aromatic nitrogens is 2. The van der Waals surface area contributed by atoms with E-state index >= 15 is 0 Å². The van der Waals surface area contributed by atoms with Crippen molar-refractivity contribution in [2.24, 2.45) is 7.05 Å². The van der Waals surface area contributed by atoms with Gasteiger partial charge < -0.3 is 10.5 Å². The molecule has 0 unspecified atom stereocenters. The number of nitrogen functional groups attached to an aromatic ring is 1. The van der Waals surface area contributed by atoms with Crippen molar-refractivity contribution >= 4 is 5.82 Å². The van der Waals surface area contributed by atoms with E-state index in [1.54, 1.807) is 4.68 Å². The van der Waals surface area contributed by atoms with E-state index in [-0.39, 0.29) is 0 Å². The third-order valence-corrected chi connectivity index (χ3v) is 3.07. The number of ether oxygens (including phenoxy) is 1. The first-order valence-corrected chi connectivity index (χ1v) is 6.04. The van der Waals surface area contributed by atoms with Crippen molar-refractivity contribution in [1.29, 1.82) is 0 Å². The zero-order valence-corrected chi connectivity index (χ0v) is 11.1. The van der Waals surface area contributed by atoms with Crippen LogP contribution in [0.5, 0.6) is 5.75 Å². The van der Waals surface area contributed by atoms with Crippen LogP contribution in [0.4, 0.5) is 5.82 Å². The molecule has 0 saturated heterocycles. The van der Waals surface area contributed by atoms with Crippen molar-refractivity contribution < 1.29 is 4.74 Å². The molecule has 18 heavy (non-hydrogen) atoms. The summed E-state index contributed by atoms with van der Waals surface area (Å²) in [5, 5.41) is 4.28. The SMILES string of the molecule is Cc1ccc(OCCc2cc(N)n(C)n2)cc1C. The molecule has 0 atom stereocenters. The average molecular weight is 245 g/mol. The summed E-state index contributed by atoms with van der Waals surface area (Å²) >= 11 is 0. The molecule has 1 aromatic heterocycles. The number of rotatable bonds is 4. The van der Waals surface area contributed by atoms with Gasteiger partial charge in [0.15, 0.2) is 0 Å². The van der Waals surface area contributed by atoms with Crippen molar-refractivity contribution in [1.82, 2.24) is 9.78 Å².